The number of nitrogens with zero attached hydrogens (tertiary/aromatic N) is 2. The number of ether oxygens (including phenoxy) is 1. The van der Waals surface area contributed by atoms with E-state index in [4.69, 9.17) is 4.74 Å². The number of anilines is 1. The molecule has 1 N–H and O–H groups in total. The standard InChI is InChI=1S/C22H19N3O3/c1-25-12-11-23-22(25)21(27)16-4-6-18(7-5-16)24-20(26)9-3-15-2-8-19-17(14-15)10-13-28-19/h2-9,11-12,14H,10,13H2,1H3,(H,24,26)/b9-3+. The van der Waals surface area contributed by atoms with Crippen LogP contribution >= 0.6 is 0 Å². The summed E-state index contributed by atoms with van der Waals surface area (Å²) in [4.78, 5) is 28.6. The van der Waals surface area contributed by atoms with Gasteiger partial charge in [-0.25, -0.2) is 4.98 Å². The topological polar surface area (TPSA) is 73.2 Å². The fourth-order valence-electron chi connectivity index (χ4n) is 3.08. The molecule has 0 saturated heterocycles. The first kappa shape index (κ1) is 17.7. The molecule has 0 radical (unpaired) electrons. The van der Waals surface area contributed by atoms with Crippen molar-refractivity contribution in [1.29, 1.82) is 0 Å². The molecule has 1 aromatic heterocycles. The molecule has 0 saturated carbocycles. The SMILES string of the molecule is Cn1ccnc1C(=O)c1ccc(NC(=O)/C=C/c2ccc3c(c2)CCO3)cc1. The Hall–Kier alpha value is -3.67. The number of benzene rings is 2. The number of ketones is 1. The first-order chi connectivity index (χ1) is 13.6. The Bertz CT molecular complexity index is 1060. The van der Waals surface area contributed by atoms with E-state index < -0.39 is 0 Å². The van der Waals surface area contributed by atoms with Crippen LogP contribution in [0.1, 0.15) is 27.3 Å². The third kappa shape index (κ3) is 3.71. The van der Waals surface area contributed by atoms with E-state index in [-0.39, 0.29) is 11.7 Å². The molecule has 0 spiro atoms. The van der Waals surface area contributed by atoms with Gasteiger partial charge in [-0.05, 0) is 53.6 Å². The summed E-state index contributed by atoms with van der Waals surface area (Å²) in [6.45, 7) is 0.710. The molecule has 4 rings (SSSR count). The number of aromatic nitrogens is 2. The van der Waals surface area contributed by atoms with Crippen LogP contribution in [0.5, 0.6) is 5.75 Å². The molecule has 1 aliphatic heterocycles. The molecule has 0 aliphatic carbocycles. The summed E-state index contributed by atoms with van der Waals surface area (Å²) < 4.78 is 7.16. The number of rotatable bonds is 5. The van der Waals surface area contributed by atoms with Gasteiger partial charge >= 0.3 is 0 Å². The number of hydrogen-bond acceptors (Lipinski definition) is 4. The maximum Gasteiger partial charge on any atom is 0.248 e. The Morgan fingerprint density at radius 2 is 2.00 bits per heavy atom. The van der Waals surface area contributed by atoms with E-state index in [1.165, 1.54) is 6.08 Å². The summed E-state index contributed by atoms with van der Waals surface area (Å²) in [7, 11) is 1.77. The molecular formula is C22H19N3O3. The van der Waals surface area contributed by atoms with E-state index in [1.54, 1.807) is 54.3 Å². The predicted molar refractivity (Wildman–Crippen MR) is 106 cm³/mol. The molecule has 6 heteroatoms. The van der Waals surface area contributed by atoms with Gasteiger partial charge in [-0.2, -0.15) is 0 Å². The summed E-state index contributed by atoms with van der Waals surface area (Å²) in [5.74, 6) is 0.895. The minimum atomic E-state index is -0.236. The van der Waals surface area contributed by atoms with Crippen molar-refractivity contribution in [3.63, 3.8) is 0 Å². The fraction of sp³-hybridized carbons (Fsp3) is 0.136. The Morgan fingerprint density at radius 1 is 1.18 bits per heavy atom. The predicted octanol–water partition coefficient (Wildman–Crippen LogP) is 3.24. The molecule has 2 aromatic carbocycles. The molecule has 3 aromatic rings. The molecule has 0 bridgehead atoms. The van der Waals surface area contributed by atoms with E-state index >= 15 is 0 Å². The monoisotopic (exact) mass is 373 g/mol. The van der Waals surface area contributed by atoms with Crippen LogP contribution in [0.2, 0.25) is 0 Å². The first-order valence-electron chi connectivity index (χ1n) is 8.97. The van der Waals surface area contributed by atoms with Gasteiger partial charge in [0.2, 0.25) is 11.7 Å². The second-order valence-corrected chi connectivity index (χ2v) is 6.56. The van der Waals surface area contributed by atoms with Crippen molar-refractivity contribution in [1.82, 2.24) is 9.55 Å². The Kier molecular flexibility index (Phi) is 4.76. The van der Waals surface area contributed by atoms with Crippen LogP contribution in [-0.4, -0.2) is 27.8 Å². The number of hydrogen-bond donors (Lipinski definition) is 1. The molecule has 0 unspecified atom stereocenters. The summed E-state index contributed by atoms with van der Waals surface area (Å²) in [6, 6.07) is 12.6. The highest BCUT2D eigenvalue weighted by Gasteiger charge is 2.14. The van der Waals surface area contributed by atoms with Crippen molar-refractivity contribution in [2.75, 3.05) is 11.9 Å². The molecule has 6 nitrogen and oxygen atoms in total. The van der Waals surface area contributed by atoms with Crippen LogP contribution in [-0.2, 0) is 18.3 Å². The van der Waals surface area contributed by atoms with E-state index in [0.717, 1.165) is 23.3 Å². The maximum atomic E-state index is 12.4. The lowest BCUT2D eigenvalue weighted by Crippen LogP contribution is -2.10. The van der Waals surface area contributed by atoms with Gasteiger partial charge in [0.1, 0.15) is 5.75 Å². The molecule has 1 aliphatic rings. The Morgan fingerprint density at radius 3 is 2.75 bits per heavy atom. The summed E-state index contributed by atoms with van der Waals surface area (Å²) in [6.07, 6.45) is 7.47. The zero-order valence-corrected chi connectivity index (χ0v) is 15.4. The number of carbonyl (C=O) groups is 2. The summed E-state index contributed by atoms with van der Waals surface area (Å²) >= 11 is 0. The van der Waals surface area contributed by atoms with Gasteiger partial charge in [0.25, 0.3) is 0 Å². The van der Waals surface area contributed by atoms with Crippen LogP contribution in [0, 0.1) is 0 Å². The van der Waals surface area contributed by atoms with Crippen molar-refractivity contribution >= 4 is 23.5 Å². The molecule has 0 fully saturated rings. The minimum Gasteiger partial charge on any atom is -0.493 e. The van der Waals surface area contributed by atoms with Crippen molar-refractivity contribution in [3.8, 4) is 5.75 Å². The third-order valence-corrected chi connectivity index (χ3v) is 4.58. The average molecular weight is 373 g/mol. The van der Waals surface area contributed by atoms with Gasteiger partial charge in [0.15, 0.2) is 5.82 Å². The maximum absolute atomic E-state index is 12.4. The van der Waals surface area contributed by atoms with Crippen molar-refractivity contribution in [3.05, 3.63) is 83.4 Å². The second kappa shape index (κ2) is 7.52. The number of carbonyl (C=O) groups excluding carboxylic acids is 2. The smallest absolute Gasteiger partial charge is 0.248 e. The number of amides is 1. The zero-order chi connectivity index (χ0) is 19.5. The van der Waals surface area contributed by atoms with Crippen molar-refractivity contribution in [2.24, 2.45) is 7.05 Å². The lowest BCUT2D eigenvalue weighted by Gasteiger charge is -2.05. The highest BCUT2D eigenvalue weighted by molar-refractivity contribution is 6.07. The minimum absolute atomic E-state index is 0.161. The normalized spacial score (nSPS) is 12.6. The lowest BCUT2D eigenvalue weighted by molar-refractivity contribution is -0.111. The highest BCUT2D eigenvalue weighted by atomic mass is 16.5. The largest absolute Gasteiger partial charge is 0.493 e. The lowest BCUT2D eigenvalue weighted by atomic mass is 10.1. The van der Waals surface area contributed by atoms with Crippen LogP contribution < -0.4 is 10.1 Å². The third-order valence-electron chi connectivity index (χ3n) is 4.58. The summed E-state index contributed by atoms with van der Waals surface area (Å²) in [5, 5.41) is 2.79. The van der Waals surface area contributed by atoms with Crippen LogP contribution in [0.3, 0.4) is 0 Å². The second-order valence-electron chi connectivity index (χ2n) is 6.56. The van der Waals surface area contributed by atoms with Gasteiger partial charge in [-0.3, -0.25) is 9.59 Å². The van der Waals surface area contributed by atoms with E-state index in [9.17, 15) is 9.59 Å². The average Bonchev–Trinajstić information content (AvgIpc) is 3.34. The van der Waals surface area contributed by atoms with Gasteiger partial charge in [-0.1, -0.05) is 6.07 Å². The van der Waals surface area contributed by atoms with Crippen molar-refractivity contribution in [2.45, 2.75) is 6.42 Å². The highest BCUT2D eigenvalue weighted by Crippen LogP contribution is 2.26. The molecule has 1 amide bonds. The molecule has 2 heterocycles. The first-order valence-corrected chi connectivity index (χ1v) is 8.97. The van der Waals surface area contributed by atoms with Crippen molar-refractivity contribution < 1.29 is 14.3 Å². The fourth-order valence-corrected chi connectivity index (χ4v) is 3.08. The molecular weight excluding hydrogens is 354 g/mol. The Balaban J connectivity index is 1.39. The molecule has 28 heavy (non-hydrogen) atoms. The molecule has 140 valence electrons. The van der Waals surface area contributed by atoms with Crippen LogP contribution in [0.25, 0.3) is 6.08 Å². The van der Waals surface area contributed by atoms with E-state index in [0.29, 0.717) is 23.7 Å². The number of imidazole rings is 1. The van der Waals surface area contributed by atoms with Gasteiger partial charge in [-0.15, -0.1) is 0 Å². The number of fused-ring (bicyclic) bond motifs is 1. The quantitative estimate of drug-likeness (QED) is 0.550. The van der Waals surface area contributed by atoms with E-state index in [1.807, 2.05) is 18.2 Å². The Labute approximate surface area is 162 Å². The van der Waals surface area contributed by atoms with Gasteiger partial charge < -0.3 is 14.6 Å². The van der Waals surface area contributed by atoms with Crippen LogP contribution in [0.4, 0.5) is 5.69 Å². The summed E-state index contributed by atoms with van der Waals surface area (Å²) in [5.41, 5.74) is 3.25. The van der Waals surface area contributed by atoms with Crippen LogP contribution in [0.15, 0.2) is 60.9 Å². The number of nitrogens with one attached hydrogen (secondary N) is 1. The van der Waals surface area contributed by atoms with E-state index in [2.05, 4.69) is 10.3 Å². The van der Waals surface area contributed by atoms with Gasteiger partial charge in [0, 0.05) is 43.2 Å². The zero-order valence-electron chi connectivity index (χ0n) is 15.4. The number of aryl methyl sites for hydroxylation is 1. The van der Waals surface area contributed by atoms with Gasteiger partial charge in [0.05, 0.1) is 6.61 Å². The molecule has 0 atom stereocenters.